The quantitative estimate of drug-likeness (QED) is 0.743. The molecule has 1 aliphatic carbocycles. The molecule has 1 rings (SSSR count). The van der Waals surface area contributed by atoms with E-state index in [1.54, 1.807) is 0 Å². The van der Waals surface area contributed by atoms with Crippen LogP contribution in [-0.2, 0) is 4.74 Å². The predicted molar refractivity (Wildman–Crippen MR) is 51.4 cm³/mol. The molecule has 0 aromatic heterocycles. The third-order valence-electron chi connectivity index (χ3n) is 2.37. The molecular formula is C10H16F3NO. The topological polar surface area (TPSA) is 35.2 Å². The van der Waals surface area contributed by atoms with Gasteiger partial charge < -0.3 is 10.5 Å². The smallest absolute Gasteiger partial charge is 0.370 e. The van der Waals surface area contributed by atoms with Gasteiger partial charge in [-0.1, -0.05) is 11.6 Å². The van der Waals surface area contributed by atoms with Crippen molar-refractivity contribution in [3.8, 4) is 0 Å². The maximum absolute atomic E-state index is 11.8. The molecule has 0 saturated carbocycles. The van der Waals surface area contributed by atoms with Crippen LogP contribution >= 0.6 is 0 Å². The molecule has 0 saturated heterocycles. The van der Waals surface area contributed by atoms with E-state index in [1.165, 1.54) is 0 Å². The Morgan fingerprint density at radius 2 is 2.13 bits per heavy atom. The van der Waals surface area contributed by atoms with E-state index in [0.717, 1.165) is 31.3 Å². The van der Waals surface area contributed by atoms with Gasteiger partial charge in [-0.05, 0) is 25.7 Å². The Morgan fingerprint density at radius 3 is 2.67 bits per heavy atom. The van der Waals surface area contributed by atoms with Gasteiger partial charge in [0.25, 0.3) is 0 Å². The zero-order valence-electron chi connectivity index (χ0n) is 8.52. The van der Waals surface area contributed by atoms with Crippen LogP contribution in [0.1, 0.15) is 25.7 Å². The molecule has 1 atom stereocenters. The minimum Gasteiger partial charge on any atom is -0.370 e. The summed E-state index contributed by atoms with van der Waals surface area (Å²) in [6.45, 7) is -1.26. The summed E-state index contributed by atoms with van der Waals surface area (Å²) in [7, 11) is 0. The molecule has 15 heavy (non-hydrogen) atoms. The van der Waals surface area contributed by atoms with Gasteiger partial charge >= 0.3 is 6.18 Å². The maximum atomic E-state index is 11.8. The first-order valence-corrected chi connectivity index (χ1v) is 5.08. The van der Waals surface area contributed by atoms with Gasteiger partial charge in [0.15, 0.2) is 0 Å². The lowest BCUT2D eigenvalue weighted by Gasteiger charge is -2.19. The number of hydrogen-bond donors (Lipinski definition) is 1. The summed E-state index contributed by atoms with van der Waals surface area (Å²) < 4.78 is 39.8. The normalized spacial score (nSPS) is 19.9. The van der Waals surface area contributed by atoms with Crippen LogP contribution in [0.25, 0.3) is 0 Å². The van der Waals surface area contributed by atoms with Crippen LogP contribution in [0.4, 0.5) is 13.2 Å². The molecule has 0 heterocycles. The highest BCUT2D eigenvalue weighted by atomic mass is 19.4. The van der Waals surface area contributed by atoms with Crippen LogP contribution in [-0.4, -0.2) is 25.4 Å². The monoisotopic (exact) mass is 223 g/mol. The highest BCUT2D eigenvalue weighted by Gasteiger charge is 2.27. The second-order valence-electron chi connectivity index (χ2n) is 3.76. The third-order valence-corrected chi connectivity index (χ3v) is 2.37. The zero-order chi connectivity index (χ0) is 11.3. The Kier molecular flexibility index (Phi) is 4.60. The third kappa shape index (κ3) is 5.18. The number of allylic oxidation sites excluding steroid dienone is 1. The van der Waals surface area contributed by atoms with Gasteiger partial charge in [-0.3, -0.25) is 0 Å². The first-order chi connectivity index (χ1) is 6.99. The molecule has 0 spiro atoms. The molecule has 5 heteroatoms. The van der Waals surface area contributed by atoms with Crippen molar-refractivity contribution in [3.63, 3.8) is 0 Å². The molecule has 2 nitrogen and oxygen atoms in total. The van der Waals surface area contributed by atoms with Gasteiger partial charge in [0.2, 0.25) is 0 Å². The molecule has 1 aliphatic rings. The second kappa shape index (κ2) is 5.51. The lowest BCUT2D eigenvalue weighted by atomic mass is 9.95. The average Bonchev–Trinajstić information content (AvgIpc) is 2.17. The van der Waals surface area contributed by atoms with E-state index in [2.05, 4.69) is 4.74 Å². The minimum absolute atomic E-state index is 0.0503. The van der Waals surface area contributed by atoms with Crippen molar-refractivity contribution < 1.29 is 17.9 Å². The Balaban J connectivity index is 2.23. The van der Waals surface area contributed by atoms with Gasteiger partial charge in [0, 0.05) is 6.04 Å². The van der Waals surface area contributed by atoms with E-state index in [4.69, 9.17) is 5.73 Å². The Hall–Kier alpha value is -0.550. The largest absolute Gasteiger partial charge is 0.411 e. The summed E-state index contributed by atoms with van der Waals surface area (Å²) in [6.07, 6.45) is 1.82. The van der Waals surface area contributed by atoms with E-state index >= 15 is 0 Å². The van der Waals surface area contributed by atoms with Crippen molar-refractivity contribution in [3.05, 3.63) is 11.6 Å². The van der Waals surface area contributed by atoms with E-state index in [1.807, 2.05) is 6.08 Å². The lowest BCUT2D eigenvalue weighted by Crippen LogP contribution is -2.31. The molecule has 0 aliphatic heterocycles. The highest BCUT2D eigenvalue weighted by molar-refractivity contribution is 5.12. The number of halogens is 3. The van der Waals surface area contributed by atoms with Gasteiger partial charge in [-0.25, -0.2) is 0 Å². The molecule has 2 N–H and O–H groups in total. The Morgan fingerprint density at radius 1 is 1.40 bits per heavy atom. The predicted octanol–water partition coefficient (Wildman–Crippen LogP) is 2.39. The Bertz CT molecular complexity index is 225. The van der Waals surface area contributed by atoms with Gasteiger partial charge in [0.05, 0.1) is 6.61 Å². The van der Waals surface area contributed by atoms with Crippen molar-refractivity contribution in [2.75, 3.05) is 13.2 Å². The van der Waals surface area contributed by atoms with Crippen LogP contribution < -0.4 is 5.73 Å². The summed E-state index contributed by atoms with van der Waals surface area (Å²) in [5, 5.41) is 0. The Labute approximate surface area is 87.3 Å². The lowest BCUT2D eigenvalue weighted by molar-refractivity contribution is -0.174. The standard InChI is InChI=1S/C10H16F3NO/c11-10(12,13)7-15-6-9(14)8-4-2-1-3-5-8/h4,9H,1-3,5-7,14H2. The molecule has 0 radical (unpaired) electrons. The molecule has 0 aromatic rings. The van der Waals surface area contributed by atoms with Crippen molar-refractivity contribution in [1.29, 1.82) is 0 Å². The number of ether oxygens (including phenoxy) is 1. The van der Waals surface area contributed by atoms with Crippen LogP contribution in [0.2, 0.25) is 0 Å². The number of rotatable bonds is 4. The van der Waals surface area contributed by atoms with Crippen LogP contribution in [0.3, 0.4) is 0 Å². The number of nitrogens with two attached hydrogens (primary N) is 1. The maximum Gasteiger partial charge on any atom is 0.411 e. The minimum atomic E-state index is -4.26. The van der Waals surface area contributed by atoms with Crippen molar-refractivity contribution in [2.24, 2.45) is 5.73 Å². The molecule has 0 bridgehead atoms. The zero-order valence-corrected chi connectivity index (χ0v) is 8.52. The van der Waals surface area contributed by atoms with Crippen LogP contribution in [0.15, 0.2) is 11.6 Å². The van der Waals surface area contributed by atoms with Crippen molar-refractivity contribution >= 4 is 0 Å². The fourth-order valence-corrected chi connectivity index (χ4v) is 1.61. The van der Waals surface area contributed by atoms with Gasteiger partial charge in [-0.2, -0.15) is 13.2 Å². The van der Waals surface area contributed by atoms with Gasteiger partial charge in [-0.15, -0.1) is 0 Å². The number of hydrogen-bond acceptors (Lipinski definition) is 2. The molecule has 0 fully saturated rings. The molecule has 0 amide bonds. The van der Waals surface area contributed by atoms with E-state index in [9.17, 15) is 13.2 Å². The summed E-state index contributed by atoms with van der Waals surface area (Å²) in [6, 6.07) is -0.382. The van der Waals surface area contributed by atoms with E-state index in [0.29, 0.717) is 0 Å². The first-order valence-electron chi connectivity index (χ1n) is 5.08. The number of alkyl halides is 3. The fraction of sp³-hybridized carbons (Fsp3) is 0.800. The van der Waals surface area contributed by atoms with Crippen LogP contribution in [0, 0.1) is 0 Å². The van der Waals surface area contributed by atoms with E-state index < -0.39 is 12.8 Å². The molecular weight excluding hydrogens is 207 g/mol. The second-order valence-corrected chi connectivity index (χ2v) is 3.76. The van der Waals surface area contributed by atoms with Crippen molar-refractivity contribution in [1.82, 2.24) is 0 Å². The van der Waals surface area contributed by atoms with Crippen LogP contribution in [0.5, 0.6) is 0 Å². The van der Waals surface area contributed by atoms with E-state index in [-0.39, 0.29) is 12.6 Å². The molecule has 1 unspecified atom stereocenters. The SMILES string of the molecule is NC(COCC(F)(F)F)C1=CCCCC1. The molecule has 0 aromatic carbocycles. The van der Waals surface area contributed by atoms with Crippen molar-refractivity contribution in [2.45, 2.75) is 37.9 Å². The first kappa shape index (κ1) is 12.5. The summed E-state index contributed by atoms with van der Waals surface area (Å²) in [4.78, 5) is 0. The highest BCUT2D eigenvalue weighted by Crippen LogP contribution is 2.20. The summed E-state index contributed by atoms with van der Waals surface area (Å²) in [5.74, 6) is 0. The average molecular weight is 223 g/mol. The summed E-state index contributed by atoms with van der Waals surface area (Å²) in [5.41, 5.74) is 6.75. The van der Waals surface area contributed by atoms with Gasteiger partial charge in [0.1, 0.15) is 6.61 Å². The molecule has 88 valence electrons. The fourth-order valence-electron chi connectivity index (χ4n) is 1.61. The summed E-state index contributed by atoms with van der Waals surface area (Å²) >= 11 is 0.